The van der Waals surface area contributed by atoms with E-state index >= 15 is 0 Å². The predicted molar refractivity (Wildman–Crippen MR) is 106 cm³/mol. The number of ether oxygens (including phenoxy) is 3. The van der Waals surface area contributed by atoms with Crippen LogP contribution in [-0.2, 0) is 16.6 Å². The second-order valence-electron chi connectivity index (χ2n) is 5.86. The summed E-state index contributed by atoms with van der Waals surface area (Å²) < 4.78 is 44.9. The van der Waals surface area contributed by atoms with Crippen LogP contribution < -0.4 is 18.9 Å². The average Bonchev–Trinajstić information content (AvgIpc) is 2.72. The number of aromatic nitrogens is 1. The van der Waals surface area contributed by atoms with Crippen LogP contribution in [0.15, 0.2) is 53.6 Å². The van der Waals surface area contributed by atoms with Crippen molar-refractivity contribution in [3.63, 3.8) is 0 Å². The number of nitrogens with one attached hydrogen (secondary N) is 1. The van der Waals surface area contributed by atoms with Crippen molar-refractivity contribution in [2.24, 2.45) is 0 Å². The third-order valence-electron chi connectivity index (χ3n) is 4.25. The van der Waals surface area contributed by atoms with E-state index in [1.807, 2.05) is 6.92 Å². The van der Waals surface area contributed by atoms with E-state index in [2.05, 4.69) is 9.71 Å². The summed E-state index contributed by atoms with van der Waals surface area (Å²) in [6.07, 6.45) is 1.61. The molecule has 3 aromatic rings. The van der Waals surface area contributed by atoms with E-state index in [4.69, 9.17) is 14.2 Å². The molecule has 0 atom stereocenters. The Morgan fingerprint density at radius 1 is 0.964 bits per heavy atom. The molecule has 0 spiro atoms. The number of pyridine rings is 1. The molecule has 0 amide bonds. The van der Waals surface area contributed by atoms with E-state index in [0.717, 1.165) is 0 Å². The maximum Gasteiger partial charge on any atom is 0.241 e. The Labute approximate surface area is 164 Å². The van der Waals surface area contributed by atoms with Gasteiger partial charge in [0.1, 0.15) is 22.8 Å². The summed E-state index contributed by atoms with van der Waals surface area (Å²) in [7, 11) is -0.771. The molecule has 0 radical (unpaired) electrons. The second kappa shape index (κ2) is 8.45. The highest BCUT2D eigenvalue weighted by Gasteiger charge is 2.21. The van der Waals surface area contributed by atoms with Gasteiger partial charge in [-0.3, -0.25) is 4.98 Å². The van der Waals surface area contributed by atoms with Gasteiger partial charge in [0, 0.05) is 18.1 Å². The van der Waals surface area contributed by atoms with Gasteiger partial charge < -0.3 is 14.2 Å². The van der Waals surface area contributed by atoms with Crippen LogP contribution in [0, 0.1) is 0 Å². The van der Waals surface area contributed by atoms with Crippen molar-refractivity contribution >= 4 is 20.9 Å². The van der Waals surface area contributed by atoms with Crippen molar-refractivity contribution in [2.45, 2.75) is 18.4 Å². The number of nitrogens with zero attached hydrogens (tertiary/aromatic N) is 1. The highest BCUT2D eigenvalue weighted by atomic mass is 32.2. The summed E-state index contributed by atoms with van der Waals surface area (Å²) in [6.45, 7) is 2.34. The molecule has 148 valence electrons. The van der Waals surface area contributed by atoms with Gasteiger partial charge >= 0.3 is 0 Å². The summed E-state index contributed by atoms with van der Waals surface area (Å²) in [5, 5.41) is 0.493. The number of sulfonamides is 1. The summed E-state index contributed by atoms with van der Waals surface area (Å²) >= 11 is 0. The molecule has 0 aliphatic heterocycles. The van der Waals surface area contributed by atoms with Crippen molar-refractivity contribution in [3.8, 4) is 17.2 Å². The molecule has 0 unspecified atom stereocenters. The van der Waals surface area contributed by atoms with Crippen LogP contribution in [0.5, 0.6) is 17.2 Å². The molecular weight excluding hydrogens is 380 g/mol. The first kappa shape index (κ1) is 19.9. The summed E-state index contributed by atoms with van der Waals surface area (Å²) in [5.41, 5.74) is 1.12. The van der Waals surface area contributed by atoms with Crippen LogP contribution in [0.2, 0.25) is 0 Å². The fraction of sp³-hybridized carbons (Fsp3) is 0.250. The molecule has 0 saturated carbocycles. The van der Waals surface area contributed by atoms with E-state index in [0.29, 0.717) is 40.3 Å². The average molecular weight is 402 g/mol. The van der Waals surface area contributed by atoms with Crippen molar-refractivity contribution < 1.29 is 22.6 Å². The van der Waals surface area contributed by atoms with Gasteiger partial charge in [-0.25, -0.2) is 13.1 Å². The quantitative estimate of drug-likeness (QED) is 0.623. The second-order valence-corrected chi connectivity index (χ2v) is 7.60. The normalized spacial score (nSPS) is 11.4. The Balaban J connectivity index is 1.98. The summed E-state index contributed by atoms with van der Waals surface area (Å²) in [6, 6.07) is 11.8. The summed E-state index contributed by atoms with van der Waals surface area (Å²) in [4.78, 5) is 4.42. The molecule has 8 heteroatoms. The maximum atomic E-state index is 13.0. The first-order valence-corrected chi connectivity index (χ1v) is 10.2. The lowest BCUT2D eigenvalue weighted by Gasteiger charge is -2.15. The minimum Gasteiger partial charge on any atom is -0.496 e. The lowest BCUT2D eigenvalue weighted by Crippen LogP contribution is -2.24. The third-order valence-corrected chi connectivity index (χ3v) is 5.71. The molecule has 2 aromatic carbocycles. The van der Waals surface area contributed by atoms with E-state index in [9.17, 15) is 8.42 Å². The SMILES string of the molecule is CCOc1ccc(S(=O)(=O)NCc2c(OC)cccc2OC)c2cccnc12. The number of benzene rings is 2. The van der Waals surface area contributed by atoms with Crippen LogP contribution in [0.4, 0.5) is 0 Å². The molecule has 0 saturated heterocycles. The minimum atomic E-state index is -3.82. The van der Waals surface area contributed by atoms with Gasteiger partial charge in [0.2, 0.25) is 10.0 Å². The topological polar surface area (TPSA) is 86.8 Å². The monoisotopic (exact) mass is 402 g/mol. The van der Waals surface area contributed by atoms with Gasteiger partial charge in [0.05, 0.1) is 31.3 Å². The molecule has 3 rings (SSSR count). The fourth-order valence-electron chi connectivity index (χ4n) is 2.97. The smallest absolute Gasteiger partial charge is 0.241 e. The number of hydrogen-bond donors (Lipinski definition) is 1. The standard InChI is InChI=1S/C20H22N2O5S/c1-4-27-18-10-11-19(14-7-6-12-21-20(14)18)28(23,24)22-13-15-16(25-2)8-5-9-17(15)26-3/h5-12,22H,4,13H2,1-3H3. The first-order valence-electron chi connectivity index (χ1n) is 8.72. The Kier molecular flexibility index (Phi) is 6.01. The zero-order valence-corrected chi connectivity index (χ0v) is 16.7. The molecule has 7 nitrogen and oxygen atoms in total. The van der Waals surface area contributed by atoms with Crippen LogP contribution in [0.3, 0.4) is 0 Å². The number of methoxy groups -OCH3 is 2. The molecule has 0 bridgehead atoms. The van der Waals surface area contributed by atoms with Crippen molar-refractivity contribution in [3.05, 3.63) is 54.2 Å². The first-order chi connectivity index (χ1) is 13.5. The Hall–Kier alpha value is -2.84. The lowest BCUT2D eigenvalue weighted by molar-refractivity contribution is 0.343. The molecule has 0 aliphatic carbocycles. The molecule has 1 N–H and O–H groups in total. The zero-order valence-electron chi connectivity index (χ0n) is 15.9. The van der Waals surface area contributed by atoms with Crippen molar-refractivity contribution in [2.75, 3.05) is 20.8 Å². The number of fused-ring (bicyclic) bond motifs is 1. The van der Waals surface area contributed by atoms with E-state index in [-0.39, 0.29) is 11.4 Å². The Morgan fingerprint density at radius 2 is 1.68 bits per heavy atom. The van der Waals surface area contributed by atoms with Gasteiger partial charge in [-0.1, -0.05) is 6.07 Å². The molecule has 28 heavy (non-hydrogen) atoms. The molecule has 0 fully saturated rings. The van der Waals surface area contributed by atoms with Gasteiger partial charge in [-0.05, 0) is 43.3 Å². The molecule has 1 aromatic heterocycles. The van der Waals surface area contributed by atoms with Crippen LogP contribution in [-0.4, -0.2) is 34.2 Å². The highest BCUT2D eigenvalue weighted by Crippen LogP contribution is 2.31. The fourth-order valence-corrected chi connectivity index (χ4v) is 4.17. The van der Waals surface area contributed by atoms with E-state index < -0.39 is 10.0 Å². The predicted octanol–water partition coefficient (Wildman–Crippen LogP) is 3.13. The van der Waals surface area contributed by atoms with Gasteiger partial charge in [-0.15, -0.1) is 0 Å². The van der Waals surface area contributed by atoms with Crippen molar-refractivity contribution in [1.29, 1.82) is 0 Å². The van der Waals surface area contributed by atoms with Crippen molar-refractivity contribution in [1.82, 2.24) is 9.71 Å². The zero-order chi connectivity index (χ0) is 20.1. The Bertz CT molecular complexity index is 1060. The van der Waals surface area contributed by atoms with Gasteiger partial charge in [0.25, 0.3) is 0 Å². The van der Waals surface area contributed by atoms with Crippen LogP contribution >= 0.6 is 0 Å². The lowest BCUT2D eigenvalue weighted by atomic mass is 10.2. The summed E-state index contributed by atoms with van der Waals surface area (Å²) in [5.74, 6) is 1.63. The molecule has 0 aliphatic rings. The number of rotatable bonds is 8. The molecule has 1 heterocycles. The van der Waals surface area contributed by atoms with Crippen LogP contribution in [0.25, 0.3) is 10.9 Å². The Morgan fingerprint density at radius 3 is 2.32 bits per heavy atom. The minimum absolute atomic E-state index is 0.0183. The largest absolute Gasteiger partial charge is 0.496 e. The van der Waals surface area contributed by atoms with E-state index in [1.165, 1.54) is 20.3 Å². The van der Waals surface area contributed by atoms with Gasteiger partial charge in [-0.2, -0.15) is 0 Å². The molecular formula is C20H22N2O5S. The van der Waals surface area contributed by atoms with Crippen LogP contribution in [0.1, 0.15) is 12.5 Å². The number of hydrogen-bond acceptors (Lipinski definition) is 6. The van der Waals surface area contributed by atoms with Gasteiger partial charge in [0.15, 0.2) is 0 Å². The highest BCUT2D eigenvalue weighted by molar-refractivity contribution is 7.89. The maximum absolute atomic E-state index is 13.0. The third kappa shape index (κ3) is 3.88. The van der Waals surface area contributed by atoms with E-state index in [1.54, 1.807) is 42.6 Å².